The SMILES string of the molecule is CC[NH+](CC(=O)NC(=O)NC(C)C)Cc1nc2ccccc2c(=O)[nH]1. The van der Waals surface area contributed by atoms with Gasteiger partial charge in [-0.1, -0.05) is 12.1 Å². The molecule has 1 aromatic carbocycles. The van der Waals surface area contributed by atoms with Crippen molar-refractivity contribution < 1.29 is 14.5 Å². The Kier molecular flexibility index (Phi) is 6.24. The molecule has 1 aromatic heterocycles. The van der Waals surface area contributed by atoms with Crippen LogP contribution in [0.4, 0.5) is 4.79 Å². The number of aromatic nitrogens is 2. The van der Waals surface area contributed by atoms with Crippen molar-refractivity contribution in [3.8, 4) is 0 Å². The van der Waals surface area contributed by atoms with Gasteiger partial charge in [0.15, 0.2) is 12.4 Å². The number of nitrogens with zero attached hydrogens (tertiary/aromatic N) is 1. The van der Waals surface area contributed by atoms with E-state index in [4.69, 9.17) is 0 Å². The number of nitrogens with one attached hydrogen (secondary N) is 4. The maximum atomic E-state index is 12.1. The molecule has 0 radical (unpaired) electrons. The summed E-state index contributed by atoms with van der Waals surface area (Å²) in [6, 6.07) is 6.56. The molecule has 0 aliphatic carbocycles. The zero-order valence-corrected chi connectivity index (χ0v) is 14.7. The van der Waals surface area contributed by atoms with E-state index >= 15 is 0 Å². The minimum absolute atomic E-state index is 0.0469. The Bertz CT molecular complexity index is 815. The van der Waals surface area contributed by atoms with E-state index in [0.29, 0.717) is 29.8 Å². The Labute approximate surface area is 145 Å². The third-order valence-corrected chi connectivity index (χ3v) is 3.66. The van der Waals surface area contributed by atoms with Crippen LogP contribution in [0, 0.1) is 0 Å². The number of carbonyl (C=O) groups excluding carboxylic acids is 2. The van der Waals surface area contributed by atoms with Gasteiger partial charge >= 0.3 is 6.03 Å². The fraction of sp³-hybridized carbons (Fsp3) is 0.412. The molecule has 0 bridgehead atoms. The van der Waals surface area contributed by atoms with E-state index in [2.05, 4.69) is 20.6 Å². The molecule has 0 saturated carbocycles. The van der Waals surface area contributed by atoms with Gasteiger partial charge in [-0.25, -0.2) is 9.78 Å². The molecule has 8 nitrogen and oxygen atoms in total. The number of hydrogen-bond donors (Lipinski definition) is 4. The number of benzene rings is 1. The number of likely N-dealkylation sites (N-methyl/N-ethyl adjacent to an activating group) is 1. The monoisotopic (exact) mass is 346 g/mol. The molecule has 0 fully saturated rings. The van der Waals surface area contributed by atoms with E-state index in [1.807, 2.05) is 26.8 Å². The summed E-state index contributed by atoms with van der Waals surface area (Å²) in [4.78, 5) is 43.7. The van der Waals surface area contributed by atoms with Crippen molar-refractivity contribution in [3.05, 3.63) is 40.4 Å². The average molecular weight is 346 g/mol. The van der Waals surface area contributed by atoms with Gasteiger partial charge in [0.2, 0.25) is 0 Å². The molecular weight excluding hydrogens is 322 g/mol. The molecular formula is C17H24N5O3+. The third kappa shape index (κ3) is 5.39. The number of rotatable bonds is 6. The molecule has 2 rings (SSSR count). The molecule has 1 heterocycles. The Morgan fingerprint density at radius 2 is 2.00 bits per heavy atom. The molecule has 4 N–H and O–H groups in total. The highest BCUT2D eigenvalue weighted by Gasteiger charge is 2.17. The molecule has 3 amide bonds. The summed E-state index contributed by atoms with van der Waals surface area (Å²) in [6.45, 7) is 6.70. The van der Waals surface area contributed by atoms with Crippen LogP contribution in [0.5, 0.6) is 0 Å². The van der Waals surface area contributed by atoms with Crippen molar-refractivity contribution in [2.45, 2.75) is 33.4 Å². The number of fused-ring (bicyclic) bond motifs is 1. The van der Waals surface area contributed by atoms with Crippen molar-refractivity contribution in [2.24, 2.45) is 0 Å². The first-order chi connectivity index (χ1) is 11.9. The van der Waals surface area contributed by atoms with Gasteiger partial charge in [-0.05, 0) is 32.9 Å². The number of urea groups is 1. The highest BCUT2D eigenvalue weighted by Crippen LogP contribution is 2.04. The topological polar surface area (TPSA) is 108 Å². The van der Waals surface area contributed by atoms with Gasteiger partial charge < -0.3 is 15.2 Å². The second-order valence-corrected chi connectivity index (χ2v) is 6.16. The maximum absolute atomic E-state index is 12.1. The first kappa shape index (κ1) is 18.6. The van der Waals surface area contributed by atoms with Crippen molar-refractivity contribution in [1.82, 2.24) is 20.6 Å². The van der Waals surface area contributed by atoms with Crippen LogP contribution in [0.25, 0.3) is 10.9 Å². The van der Waals surface area contributed by atoms with E-state index in [1.54, 1.807) is 18.2 Å². The van der Waals surface area contributed by atoms with Gasteiger partial charge in [0.05, 0.1) is 17.4 Å². The molecule has 0 saturated heterocycles. The summed E-state index contributed by atoms with van der Waals surface area (Å²) in [5.41, 5.74) is 0.425. The Morgan fingerprint density at radius 3 is 2.68 bits per heavy atom. The number of aromatic amines is 1. The zero-order valence-electron chi connectivity index (χ0n) is 14.7. The van der Waals surface area contributed by atoms with Crippen LogP contribution in [-0.4, -0.2) is 41.0 Å². The first-order valence-corrected chi connectivity index (χ1v) is 8.31. The van der Waals surface area contributed by atoms with Crippen molar-refractivity contribution >= 4 is 22.8 Å². The zero-order chi connectivity index (χ0) is 18.4. The Hall–Kier alpha value is -2.74. The lowest BCUT2D eigenvalue weighted by molar-refractivity contribution is -0.904. The predicted octanol–water partition coefficient (Wildman–Crippen LogP) is -0.438. The van der Waals surface area contributed by atoms with E-state index in [1.165, 1.54) is 0 Å². The normalized spacial score (nSPS) is 12.2. The van der Waals surface area contributed by atoms with Gasteiger partial charge in [0, 0.05) is 6.04 Å². The van der Waals surface area contributed by atoms with Crippen LogP contribution in [0.1, 0.15) is 26.6 Å². The molecule has 0 aliphatic heterocycles. The highest BCUT2D eigenvalue weighted by atomic mass is 16.2. The molecule has 1 unspecified atom stereocenters. The molecule has 8 heteroatoms. The molecule has 134 valence electrons. The van der Waals surface area contributed by atoms with E-state index in [-0.39, 0.29) is 24.1 Å². The van der Waals surface area contributed by atoms with Crippen LogP contribution in [-0.2, 0) is 11.3 Å². The summed E-state index contributed by atoms with van der Waals surface area (Å²) in [5, 5.41) is 5.44. The fourth-order valence-corrected chi connectivity index (χ4v) is 2.46. The average Bonchev–Trinajstić information content (AvgIpc) is 2.53. The minimum atomic E-state index is -0.507. The summed E-state index contributed by atoms with van der Waals surface area (Å²) < 4.78 is 0. The van der Waals surface area contributed by atoms with Crippen LogP contribution in [0.3, 0.4) is 0 Å². The maximum Gasteiger partial charge on any atom is 0.321 e. The Morgan fingerprint density at radius 1 is 1.28 bits per heavy atom. The minimum Gasteiger partial charge on any atom is -0.336 e. The van der Waals surface area contributed by atoms with Gasteiger partial charge in [-0.3, -0.25) is 14.9 Å². The fourth-order valence-electron chi connectivity index (χ4n) is 2.46. The van der Waals surface area contributed by atoms with Gasteiger partial charge in [0.1, 0.15) is 6.54 Å². The smallest absolute Gasteiger partial charge is 0.321 e. The Balaban J connectivity index is 2.03. The largest absolute Gasteiger partial charge is 0.336 e. The number of hydrogen-bond acceptors (Lipinski definition) is 4. The number of imide groups is 1. The second-order valence-electron chi connectivity index (χ2n) is 6.16. The molecule has 1 atom stereocenters. The van der Waals surface area contributed by atoms with Gasteiger partial charge in [0.25, 0.3) is 11.5 Å². The lowest BCUT2D eigenvalue weighted by Crippen LogP contribution is -3.11. The molecule has 2 aromatic rings. The van der Waals surface area contributed by atoms with Crippen LogP contribution in [0.2, 0.25) is 0 Å². The van der Waals surface area contributed by atoms with Crippen LogP contribution >= 0.6 is 0 Å². The van der Waals surface area contributed by atoms with Gasteiger partial charge in [-0.15, -0.1) is 0 Å². The highest BCUT2D eigenvalue weighted by molar-refractivity contribution is 5.94. The van der Waals surface area contributed by atoms with Crippen LogP contribution in [0.15, 0.2) is 29.1 Å². The first-order valence-electron chi connectivity index (χ1n) is 8.31. The summed E-state index contributed by atoms with van der Waals surface area (Å²) >= 11 is 0. The molecule has 25 heavy (non-hydrogen) atoms. The van der Waals surface area contributed by atoms with Crippen LogP contribution < -0.4 is 21.1 Å². The quantitative estimate of drug-likeness (QED) is 0.569. The second kappa shape index (κ2) is 8.39. The van der Waals surface area contributed by atoms with Crippen molar-refractivity contribution in [3.63, 3.8) is 0 Å². The lowest BCUT2D eigenvalue weighted by atomic mass is 10.2. The van der Waals surface area contributed by atoms with Crippen molar-refractivity contribution in [2.75, 3.05) is 13.1 Å². The predicted molar refractivity (Wildman–Crippen MR) is 94.2 cm³/mol. The number of amides is 3. The molecule has 0 aliphatic rings. The van der Waals surface area contributed by atoms with Gasteiger partial charge in [-0.2, -0.15) is 0 Å². The summed E-state index contributed by atoms with van der Waals surface area (Å²) in [7, 11) is 0. The third-order valence-electron chi connectivity index (χ3n) is 3.66. The van der Waals surface area contributed by atoms with E-state index in [0.717, 1.165) is 4.90 Å². The molecule has 0 spiro atoms. The lowest BCUT2D eigenvalue weighted by Gasteiger charge is -2.17. The number of H-pyrrole nitrogens is 1. The number of quaternary nitrogens is 1. The van der Waals surface area contributed by atoms with E-state index in [9.17, 15) is 14.4 Å². The van der Waals surface area contributed by atoms with Crippen molar-refractivity contribution in [1.29, 1.82) is 0 Å². The van der Waals surface area contributed by atoms with E-state index < -0.39 is 6.03 Å². The number of para-hydroxylation sites is 1. The summed E-state index contributed by atoms with van der Waals surface area (Å²) in [5.74, 6) is 0.137. The standard InChI is InChI=1S/C17H23N5O3/c1-4-22(10-15(23)21-17(25)18-11(2)3)9-14-19-13-8-6-5-7-12(13)16(24)20-14/h5-8,11H,4,9-10H2,1-3H3,(H,19,20,24)(H2,18,21,23,25)/p+1. The summed E-state index contributed by atoms with van der Waals surface area (Å²) in [6.07, 6.45) is 0. The number of carbonyl (C=O) groups is 2.